The van der Waals surface area contributed by atoms with Gasteiger partial charge in [0, 0.05) is 18.0 Å². The van der Waals surface area contributed by atoms with Gasteiger partial charge in [0.15, 0.2) is 34.7 Å². The third kappa shape index (κ3) is 5.83. The number of primary amides is 1. The lowest BCUT2D eigenvalue weighted by Gasteiger charge is -2.52. The number of nitrogens with one attached hydrogen (secondary N) is 1. The van der Waals surface area contributed by atoms with Crippen LogP contribution in [-0.4, -0.2) is 95.6 Å². The number of aliphatic hydroxyl groups is 1. The van der Waals surface area contributed by atoms with E-state index in [4.69, 9.17) is 15.2 Å². The van der Waals surface area contributed by atoms with Crippen molar-refractivity contribution in [2.75, 3.05) is 27.8 Å². The van der Waals surface area contributed by atoms with Gasteiger partial charge < -0.3 is 30.7 Å². The van der Waals surface area contributed by atoms with Gasteiger partial charge in [0.25, 0.3) is 0 Å². The van der Waals surface area contributed by atoms with Crippen LogP contribution in [0.25, 0.3) is 11.1 Å². The number of nitrogens with zero attached hydrogens (tertiary/aromatic N) is 1. The summed E-state index contributed by atoms with van der Waals surface area (Å²) in [7, 11) is 4.57. The molecular formula is C36H43N3O10. The van der Waals surface area contributed by atoms with Gasteiger partial charge in [-0.2, -0.15) is 0 Å². The molecule has 5 rings (SSSR count). The number of nitrogens with two attached hydrogens (primary N) is 1. The van der Waals surface area contributed by atoms with Crippen LogP contribution in [0.2, 0.25) is 0 Å². The van der Waals surface area contributed by atoms with Crippen LogP contribution in [0, 0.1) is 29.6 Å². The van der Waals surface area contributed by atoms with Crippen molar-refractivity contribution in [1.82, 2.24) is 10.2 Å². The number of likely N-dealkylation sites (N-methyl/N-ethyl adjacent to an activating group) is 1. The number of Topliss-reactive ketones (excluding diaryl/α,β-unsaturated/α-hetero) is 4. The van der Waals surface area contributed by atoms with Crippen LogP contribution >= 0.6 is 0 Å². The Labute approximate surface area is 284 Å². The van der Waals surface area contributed by atoms with Crippen molar-refractivity contribution in [2.45, 2.75) is 57.8 Å². The van der Waals surface area contributed by atoms with Crippen LogP contribution in [0.3, 0.4) is 0 Å². The van der Waals surface area contributed by atoms with E-state index in [1.54, 1.807) is 19.1 Å². The zero-order valence-corrected chi connectivity index (χ0v) is 28.4. The Balaban J connectivity index is 1.57. The largest absolute Gasteiger partial charge is 0.507 e. The molecule has 0 radical (unpaired) electrons. The molecule has 0 saturated heterocycles. The SMILES string of the molecule is CCOC(=O)C(NCc1ccc(OC)c(-c2ccc(O)c3c2C[C@@H]2C[C@@H]4C(N(C)C)C(=O)C(C(N)=O)C(=O)[C@]4(O)C(=O)C2C3=O)c1)C(C)C. The Hall–Kier alpha value is -4.46. The second kappa shape index (κ2) is 13.4. The molecule has 4 unspecified atom stereocenters. The second-order valence-electron chi connectivity index (χ2n) is 13.7. The minimum Gasteiger partial charge on any atom is -0.507 e. The molecule has 2 fully saturated rings. The van der Waals surface area contributed by atoms with E-state index in [0.717, 1.165) is 5.56 Å². The van der Waals surface area contributed by atoms with Crippen LogP contribution < -0.4 is 15.8 Å². The van der Waals surface area contributed by atoms with Crippen molar-refractivity contribution in [3.05, 3.63) is 47.0 Å². The van der Waals surface area contributed by atoms with Crippen molar-refractivity contribution in [3.8, 4) is 22.6 Å². The molecule has 0 heterocycles. The summed E-state index contributed by atoms with van der Waals surface area (Å²) in [6, 6.07) is 6.70. The average Bonchev–Trinajstić information content (AvgIpc) is 3.02. The number of fused-ring (bicyclic) bond motifs is 3. The van der Waals surface area contributed by atoms with Crippen LogP contribution in [0.1, 0.15) is 48.7 Å². The fourth-order valence-corrected chi connectivity index (χ4v) is 7.98. The highest BCUT2D eigenvalue weighted by Gasteiger charge is 2.69. The molecule has 0 spiro atoms. The van der Waals surface area contributed by atoms with E-state index < -0.39 is 70.4 Å². The average molecular weight is 678 g/mol. The first-order valence-electron chi connectivity index (χ1n) is 16.4. The van der Waals surface area contributed by atoms with Crippen molar-refractivity contribution < 1.29 is 48.5 Å². The number of phenolic OH excluding ortho intramolecular Hbond substituents is 1. The molecule has 0 aliphatic heterocycles. The minimum atomic E-state index is -2.80. The number of esters is 1. The molecule has 49 heavy (non-hydrogen) atoms. The number of phenols is 1. The number of aromatic hydroxyl groups is 1. The van der Waals surface area contributed by atoms with Crippen LogP contribution in [0.4, 0.5) is 0 Å². The Morgan fingerprint density at radius 2 is 1.78 bits per heavy atom. The van der Waals surface area contributed by atoms with E-state index in [-0.39, 0.29) is 42.6 Å². The zero-order valence-electron chi connectivity index (χ0n) is 28.4. The smallest absolute Gasteiger partial charge is 0.323 e. The maximum Gasteiger partial charge on any atom is 0.323 e. The first-order valence-corrected chi connectivity index (χ1v) is 16.4. The molecule has 13 heteroatoms. The number of ketones is 4. The monoisotopic (exact) mass is 677 g/mol. The highest BCUT2D eigenvalue weighted by Crippen LogP contribution is 2.52. The summed E-state index contributed by atoms with van der Waals surface area (Å²) in [5.74, 6) is -11.1. The lowest BCUT2D eigenvalue weighted by atomic mass is 9.52. The molecule has 1 amide bonds. The summed E-state index contributed by atoms with van der Waals surface area (Å²) in [5.41, 5.74) is 4.89. The van der Waals surface area contributed by atoms with E-state index in [0.29, 0.717) is 29.0 Å². The van der Waals surface area contributed by atoms with Crippen molar-refractivity contribution in [3.63, 3.8) is 0 Å². The van der Waals surface area contributed by atoms with Gasteiger partial charge in [-0.15, -0.1) is 0 Å². The Morgan fingerprint density at radius 1 is 1.08 bits per heavy atom. The van der Waals surface area contributed by atoms with Crippen molar-refractivity contribution in [2.24, 2.45) is 35.3 Å². The van der Waals surface area contributed by atoms with Crippen molar-refractivity contribution in [1.29, 1.82) is 0 Å². The Bertz CT molecular complexity index is 1740. The number of rotatable bonds is 10. The topological polar surface area (TPSA) is 203 Å². The van der Waals surface area contributed by atoms with Crippen molar-refractivity contribution >= 4 is 35.0 Å². The summed E-state index contributed by atoms with van der Waals surface area (Å²) >= 11 is 0. The molecule has 262 valence electrons. The number of methoxy groups -OCH3 is 1. The number of carbonyl (C=O) groups is 6. The third-order valence-corrected chi connectivity index (χ3v) is 10.2. The molecular weight excluding hydrogens is 634 g/mol. The first-order chi connectivity index (χ1) is 23.1. The fourth-order valence-electron chi connectivity index (χ4n) is 7.98. The predicted octanol–water partition coefficient (Wildman–Crippen LogP) is 1.22. The molecule has 3 aliphatic carbocycles. The molecule has 5 N–H and O–H groups in total. The van der Waals surface area contributed by atoms with Gasteiger partial charge in [-0.1, -0.05) is 26.0 Å². The van der Waals surface area contributed by atoms with Gasteiger partial charge in [-0.25, -0.2) is 0 Å². The van der Waals surface area contributed by atoms with E-state index in [1.165, 1.54) is 32.2 Å². The van der Waals surface area contributed by atoms with E-state index >= 15 is 0 Å². The van der Waals surface area contributed by atoms with Gasteiger partial charge >= 0.3 is 5.97 Å². The van der Waals surface area contributed by atoms with Gasteiger partial charge in [-0.05, 0) is 80.6 Å². The summed E-state index contributed by atoms with van der Waals surface area (Å²) in [5, 5.41) is 26.1. The maximum atomic E-state index is 14.2. The number of hydrogen-bond donors (Lipinski definition) is 4. The standard InChI is InChI=1S/C36H43N3O10/c1-7-49-35(46)28(16(2)3)38-15-17-8-11-24(48-6)20(12-17)19-9-10-23(40)26-21(19)13-18-14-22-29(39(4)5)31(42)27(34(37)45)33(44)36(22,47)32(43)25(18)30(26)41/h8-12,16,18,22,25,27-29,38,40,47H,7,13-15H2,1-6H3,(H2,37,45)/t18-,22-,25?,27?,28?,29?,36-/m1/s1. The number of carbonyl (C=O) groups excluding carboxylic acids is 6. The highest BCUT2D eigenvalue weighted by atomic mass is 16.5. The summed E-state index contributed by atoms with van der Waals surface area (Å²) < 4.78 is 10.9. The number of amides is 1. The van der Waals surface area contributed by atoms with Gasteiger partial charge in [0.2, 0.25) is 5.91 Å². The maximum absolute atomic E-state index is 14.2. The summed E-state index contributed by atoms with van der Waals surface area (Å²) in [4.78, 5) is 81.5. The molecule has 3 aliphatic rings. The second-order valence-corrected chi connectivity index (χ2v) is 13.7. The molecule has 7 atom stereocenters. The van der Waals surface area contributed by atoms with Gasteiger partial charge in [0.1, 0.15) is 17.5 Å². The normalized spacial score (nSPS) is 27.0. The molecule has 2 aromatic carbocycles. The summed E-state index contributed by atoms with van der Waals surface area (Å²) in [6.45, 7) is 6.12. The lowest BCUT2D eigenvalue weighted by Crippen LogP contribution is -2.74. The fraction of sp³-hybridized carbons (Fsp3) is 0.500. The van der Waals surface area contributed by atoms with Gasteiger partial charge in [-0.3, -0.25) is 33.7 Å². The minimum absolute atomic E-state index is 0.0424. The molecule has 2 aromatic rings. The van der Waals surface area contributed by atoms with Crippen LogP contribution in [0.15, 0.2) is 30.3 Å². The number of ether oxygens (including phenoxy) is 2. The summed E-state index contributed by atoms with van der Waals surface area (Å²) in [6.07, 6.45) is 0.0318. The molecule has 2 saturated carbocycles. The zero-order chi connectivity index (χ0) is 36.1. The van der Waals surface area contributed by atoms with E-state index in [9.17, 15) is 39.0 Å². The van der Waals surface area contributed by atoms with Crippen LogP contribution in [0.5, 0.6) is 11.5 Å². The first kappa shape index (κ1) is 35.8. The third-order valence-electron chi connectivity index (χ3n) is 10.2. The molecule has 0 bridgehead atoms. The predicted molar refractivity (Wildman–Crippen MR) is 175 cm³/mol. The Kier molecular flexibility index (Phi) is 9.84. The molecule has 0 aromatic heterocycles. The number of hydrogen-bond acceptors (Lipinski definition) is 12. The van der Waals surface area contributed by atoms with E-state index in [2.05, 4.69) is 5.32 Å². The Morgan fingerprint density at radius 3 is 2.37 bits per heavy atom. The lowest BCUT2D eigenvalue weighted by molar-refractivity contribution is -0.181. The van der Waals surface area contributed by atoms with Gasteiger partial charge in [0.05, 0.1) is 31.2 Å². The van der Waals surface area contributed by atoms with E-state index in [1.807, 2.05) is 26.0 Å². The quantitative estimate of drug-likeness (QED) is 0.207. The molecule has 13 nitrogen and oxygen atoms in total. The van der Waals surface area contributed by atoms with Crippen LogP contribution in [-0.2, 0) is 41.7 Å². The number of benzene rings is 2. The highest BCUT2D eigenvalue weighted by molar-refractivity contribution is 6.32.